The molecule has 5 nitrogen and oxygen atoms in total. The van der Waals surface area contributed by atoms with Crippen LogP contribution in [0.15, 0.2) is 0 Å². The van der Waals surface area contributed by atoms with Crippen molar-refractivity contribution in [1.82, 2.24) is 6.15 Å². The molecule has 0 unspecified atom stereocenters. The summed E-state index contributed by atoms with van der Waals surface area (Å²) >= 11 is 0. The van der Waals surface area contributed by atoms with E-state index in [0.29, 0.717) is 0 Å². The minimum atomic E-state index is -1.75. The van der Waals surface area contributed by atoms with Gasteiger partial charge in [0.2, 0.25) is 0 Å². The van der Waals surface area contributed by atoms with E-state index in [1.807, 2.05) is 0 Å². The van der Waals surface area contributed by atoms with E-state index < -0.39 is 5.09 Å². The van der Waals surface area contributed by atoms with Gasteiger partial charge in [0.15, 0.2) is 0 Å². The Labute approximate surface area is 67.8 Å². The second kappa shape index (κ2) is 9.11. The predicted molar refractivity (Wildman–Crippen MR) is 15.4 cm³/mol. The zero-order valence-electron chi connectivity index (χ0n) is 2.88. The maximum atomic E-state index is 8.25. The van der Waals surface area contributed by atoms with Crippen LogP contribution in [0.3, 0.4) is 0 Å². The van der Waals surface area contributed by atoms with Crippen LogP contribution in [0.2, 0.25) is 0 Å². The summed E-state index contributed by atoms with van der Waals surface area (Å²) in [7, 11) is 0. The van der Waals surface area contributed by atoms with Gasteiger partial charge in [-0.3, -0.25) is 0 Å². The van der Waals surface area contributed by atoms with Crippen LogP contribution in [0.1, 0.15) is 0 Å². The first-order valence-corrected chi connectivity index (χ1v) is 0.548. The van der Waals surface area contributed by atoms with E-state index in [-0.39, 0.29) is 47.9 Å². The van der Waals surface area contributed by atoms with Crippen molar-refractivity contribution in [3.05, 3.63) is 15.3 Å². The monoisotopic (exact) mass is 219 g/mol. The molecule has 0 aliphatic carbocycles. The third kappa shape index (κ3) is 197. The van der Waals surface area contributed by atoms with Crippen LogP contribution in [0.25, 0.3) is 0 Å². The van der Waals surface area contributed by atoms with Gasteiger partial charge >= 0.3 is 41.7 Å². The van der Waals surface area contributed by atoms with E-state index in [9.17, 15) is 0 Å². The molecule has 0 aromatic rings. The van der Waals surface area contributed by atoms with Gasteiger partial charge in [0.05, 0.1) is 5.09 Å². The van der Waals surface area contributed by atoms with Crippen LogP contribution in [0.5, 0.6) is 0 Å². The van der Waals surface area contributed by atoms with Gasteiger partial charge in [0, 0.05) is 0 Å². The van der Waals surface area contributed by atoms with Crippen LogP contribution in [0, 0.1) is 57.1 Å². The molecule has 32 valence electrons. The molecule has 0 heterocycles. The van der Waals surface area contributed by atoms with Crippen molar-refractivity contribution in [2.24, 2.45) is 0 Å². The average Bonchev–Trinajstić information content (AvgIpc) is 0.811. The van der Waals surface area contributed by atoms with E-state index in [0.717, 1.165) is 0 Å². The predicted octanol–water partition coefficient (Wildman–Crippen LogP) is -0.0771. The fourth-order valence-electron chi connectivity index (χ4n) is 0. The van der Waals surface area contributed by atoms with E-state index in [4.69, 9.17) is 15.3 Å². The van der Waals surface area contributed by atoms with E-state index in [1.54, 1.807) is 0 Å². The number of hydrogen-bond donors (Lipinski definition) is 1. The molecule has 0 fully saturated rings. The molecule has 0 amide bonds. The summed E-state index contributed by atoms with van der Waals surface area (Å²) in [5.74, 6) is 0. The van der Waals surface area contributed by atoms with Gasteiger partial charge in [-0.1, -0.05) is 0 Å². The van der Waals surface area contributed by atoms with Crippen LogP contribution >= 0.6 is 0 Å². The molecule has 0 saturated carbocycles. The van der Waals surface area contributed by atoms with Gasteiger partial charge in [-0.15, -0.1) is 0 Å². The minimum Gasteiger partial charge on any atom is -0.356 e. The van der Waals surface area contributed by atoms with Crippen LogP contribution < -0.4 is 6.15 Å². The summed E-state index contributed by atoms with van der Waals surface area (Å²) in [4.78, 5) is 8.25. The second-order valence-corrected chi connectivity index (χ2v) is 0.224. The smallest absolute Gasteiger partial charge is 0.356 e. The molecular formula is H3CeN2O3+3. The third-order valence-electron chi connectivity index (χ3n) is 0. The molecule has 0 bridgehead atoms. The van der Waals surface area contributed by atoms with Crippen molar-refractivity contribution in [1.29, 1.82) is 0 Å². The first kappa shape index (κ1) is 16.0. The van der Waals surface area contributed by atoms with Crippen molar-refractivity contribution in [2.75, 3.05) is 0 Å². The largest absolute Gasteiger partial charge is 4.00 e. The van der Waals surface area contributed by atoms with Crippen molar-refractivity contribution in [2.45, 2.75) is 0 Å². The zero-order chi connectivity index (χ0) is 3.58. The van der Waals surface area contributed by atoms with Gasteiger partial charge in [0.25, 0.3) is 0 Å². The maximum absolute atomic E-state index is 8.25. The number of hydrogen-bond acceptors (Lipinski definition) is 4. The normalized spacial score (nSPS) is 4.00. The standard InChI is InChI=1S/Ce.NO3.H3N/c;2-1(3)4;/h;;1H3/q+4;-1;. The maximum Gasteiger partial charge on any atom is 4.00 e. The Morgan fingerprint density at radius 3 is 1.33 bits per heavy atom. The Kier molecular flexibility index (Phi) is 24.3. The Bertz CT molecular complexity index is 31.8. The molecule has 0 saturated heterocycles. The molecule has 0 atom stereocenters. The first-order chi connectivity index (χ1) is 1.73. The van der Waals surface area contributed by atoms with Crippen molar-refractivity contribution in [3.8, 4) is 0 Å². The van der Waals surface area contributed by atoms with E-state index >= 15 is 0 Å². The molecule has 0 aromatic heterocycles. The van der Waals surface area contributed by atoms with Crippen molar-refractivity contribution >= 4 is 0 Å². The molecular weight excluding hydrogens is 216 g/mol. The summed E-state index contributed by atoms with van der Waals surface area (Å²) in [6.45, 7) is 0. The van der Waals surface area contributed by atoms with Gasteiger partial charge < -0.3 is 21.5 Å². The van der Waals surface area contributed by atoms with Gasteiger partial charge in [0.1, 0.15) is 0 Å². The fourth-order valence-corrected chi connectivity index (χ4v) is 0. The number of nitrogens with zero attached hydrogens (tertiary/aromatic N) is 1. The fraction of sp³-hybridized carbons (Fsp3) is 0. The van der Waals surface area contributed by atoms with Gasteiger partial charge in [-0.25, -0.2) is 0 Å². The summed E-state index contributed by atoms with van der Waals surface area (Å²) in [5, 5.41) is 14.8. The summed E-state index contributed by atoms with van der Waals surface area (Å²) in [6, 6.07) is 0. The SMILES string of the molecule is N.O=[N+]([O-])[O-].[Ce+4]. The van der Waals surface area contributed by atoms with Gasteiger partial charge in [-0.2, -0.15) is 0 Å². The molecule has 6 heteroatoms. The quantitative estimate of drug-likeness (QED) is 0.454. The van der Waals surface area contributed by atoms with Crippen LogP contribution in [0.4, 0.5) is 0 Å². The second-order valence-electron chi connectivity index (χ2n) is 0.224. The van der Waals surface area contributed by atoms with Crippen LogP contribution in [-0.2, 0) is 0 Å². The summed E-state index contributed by atoms with van der Waals surface area (Å²) < 4.78 is 0. The zero-order valence-corrected chi connectivity index (χ0v) is 6.02. The third-order valence-corrected chi connectivity index (χ3v) is 0. The van der Waals surface area contributed by atoms with Gasteiger partial charge in [-0.05, 0) is 0 Å². The van der Waals surface area contributed by atoms with E-state index in [1.165, 1.54) is 0 Å². The minimum absolute atomic E-state index is 0. The molecule has 0 spiro atoms. The molecule has 6 heavy (non-hydrogen) atoms. The van der Waals surface area contributed by atoms with Crippen LogP contribution in [-0.4, -0.2) is 5.09 Å². The number of rotatable bonds is 0. The Morgan fingerprint density at radius 2 is 1.33 bits per heavy atom. The molecule has 0 aliphatic rings. The average molecular weight is 219 g/mol. The summed E-state index contributed by atoms with van der Waals surface area (Å²) in [5.41, 5.74) is 0. The summed E-state index contributed by atoms with van der Waals surface area (Å²) in [6.07, 6.45) is 0. The Morgan fingerprint density at radius 1 is 1.33 bits per heavy atom. The molecule has 0 aromatic carbocycles. The first-order valence-electron chi connectivity index (χ1n) is 0.548. The van der Waals surface area contributed by atoms with Crippen molar-refractivity contribution < 1.29 is 46.8 Å². The van der Waals surface area contributed by atoms with E-state index in [2.05, 4.69) is 0 Å². The molecule has 3 N–H and O–H groups in total. The Hall–Kier alpha value is 0.537. The Balaban J connectivity index is -0.0000000450. The van der Waals surface area contributed by atoms with Crippen molar-refractivity contribution in [3.63, 3.8) is 0 Å². The molecule has 0 aliphatic heterocycles. The molecule has 0 rings (SSSR count). The molecule has 0 radical (unpaired) electrons. The topological polar surface area (TPSA) is 101 Å².